The molecule has 0 atom stereocenters. The Bertz CT molecular complexity index is 1080. The van der Waals surface area contributed by atoms with Crippen molar-refractivity contribution >= 4 is 34.8 Å². The van der Waals surface area contributed by atoms with E-state index in [2.05, 4.69) is 4.98 Å². The maximum absolute atomic E-state index is 13.2. The van der Waals surface area contributed by atoms with Gasteiger partial charge in [0.05, 0.1) is 21.3 Å². The minimum Gasteiger partial charge on any atom is -0.497 e. The summed E-state index contributed by atoms with van der Waals surface area (Å²) in [7, 11) is 4.35. The van der Waals surface area contributed by atoms with E-state index in [0.29, 0.717) is 27.3 Å². The van der Waals surface area contributed by atoms with Crippen molar-refractivity contribution < 1.29 is 28.5 Å². The number of carbonyl (C=O) groups is 2. The second-order valence-electron chi connectivity index (χ2n) is 6.83. The summed E-state index contributed by atoms with van der Waals surface area (Å²) in [6.45, 7) is 0.0995. The molecular weight excluding hydrogens is 468 g/mol. The number of aromatic nitrogens is 1. The molecule has 0 saturated carbocycles. The largest absolute Gasteiger partial charge is 0.497 e. The highest BCUT2D eigenvalue weighted by Crippen LogP contribution is 2.24. The first-order valence-electron chi connectivity index (χ1n) is 9.82. The van der Waals surface area contributed by atoms with E-state index in [1.165, 1.54) is 23.3 Å². The zero-order chi connectivity index (χ0) is 23.8. The lowest BCUT2D eigenvalue weighted by molar-refractivity contribution is -0.141. The highest BCUT2D eigenvalue weighted by molar-refractivity contribution is 7.09. The van der Waals surface area contributed by atoms with Crippen LogP contribution in [0.1, 0.15) is 21.1 Å². The number of hydrogen-bond acceptors (Lipinski definition) is 8. The van der Waals surface area contributed by atoms with Crippen molar-refractivity contribution in [2.75, 3.05) is 27.9 Å². The second-order valence-corrected chi connectivity index (χ2v) is 8.21. The summed E-state index contributed by atoms with van der Waals surface area (Å²) in [6.07, 6.45) is 0. The number of hydrogen-bond donors (Lipinski definition) is 0. The van der Waals surface area contributed by atoms with Gasteiger partial charge in [-0.15, -0.1) is 11.3 Å². The van der Waals surface area contributed by atoms with Crippen LogP contribution in [-0.2, 0) is 22.7 Å². The number of carbonyl (C=O) groups excluding carboxylic acids is 2. The number of thiazole rings is 1. The fraction of sp³-hybridized carbons (Fsp3) is 0.261. The Kier molecular flexibility index (Phi) is 8.51. The molecule has 1 heterocycles. The van der Waals surface area contributed by atoms with Gasteiger partial charge in [0.2, 0.25) is 0 Å². The van der Waals surface area contributed by atoms with Crippen LogP contribution in [0.15, 0.2) is 47.8 Å². The molecule has 3 rings (SSSR count). The predicted octanol–water partition coefficient (Wildman–Crippen LogP) is 4.21. The fourth-order valence-electron chi connectivity index (χ4n) is 2.91. The number of nitrogens with zero attached hydrogens (tertiary/aromatic N) is 2. The lowest BCUT2D eigenvalue weighted by atomic mass is 10.1. The molecule has 0 aliphatic rings. The Hall–Kier alpha value is -3.30. The molecule has 0 saturated heterocycles. The molecule has 2 aromatic carbocycles. The minimum atomic E-state index is -0.542. The third kappa shape index (κ3) is 6.84. The van der Waals surface area contributed by atoms with Crippen LogP contribution in [0.25, 0.3) is 0 Å². The first kappa shape index (κ1) is 24.3. The molecule has 0 spiro atoms. The average Bonchev–Trinajstić information content (AvgIpc) is 3.31. The summed E-state index contributed by atoms with van der Waals surface area (Å²) >= 11 is 7.17. The number of amides is 1. The minimum absolute atomic E-state index is 0.135. The van der Waals surface area contributed by atoms with Crippen LogP contribution in [0, 0.1) is 0 Å². The van der Waals surface area contributed by atoms with Gasteiger partial charge in [0.15, 0.2) is 0 Å². The van der Waals surface area contributed by atoms with Gasteiger partial charge in [0.25, 0.3) is 5.91 Å². The SMILES string of the molecule is COC(=O)CN(Cc1cc(OC)cc(OC)c1)C(=O)c1csc(COc2ccc(Cl)cc2)n1. The molecule has 3 aromatic rings. The van der Waals surface area contributed by atoms with Crippen LogP contribution in [0.3, 0.4) is 0 Å². The zero-order valence-corrected chi connectivity index (χ0v) is 19.9. The van der Waals surface area contributed by atoms with Gasteiger partial charge in [0.1, 0.15) is 41.1 Å². The van der Waals surface area contributed by atoms with Crippen LogP contribution >= 0.6 is 22.9 Å². The van der Waals surface area contributed by atoms with E-state index in [1.807, 2.05) is 0 Å². The molecule has 174 valence electrons. The summed E-state index contributed by atoms with van der Waals surface area (Å²) in [4.78, 5) is 30.9. The molecular formula is C23H23ClN2O6S. The van der Waals surface area contributed by atoms with Crippen molar-refractivity contribution in [2.24, 2.45) is 0 Å². The Morgan fingerprint density at radius 3 is 2.27 bits per heavy atom. The molecule has 8 nitrogen and oxygen atoms in total. The summed E-state index contributed by atoms with van der Waals surface area (Å²) in [5, 5.41) is 2.87. The monoisotopic (exact) mass is 490 g/mol. The topological polar surface area (TPSA) is 87.2 Å². The first-order valence-corrected chi connectivity index (χ1v) is 11.1. The Balaban J connectivity index is 1.75. The number of esters is 1. The lowest BCUT2D eigenvalue weighted by Gasteiger charge is -2.21. The molecule has 0 aliphatic heterocycles. The smallest absolute Gasteiger partial charge is 0.325 e. The normalized spacial score (nSPS) is 10.4. The van der Waals surface area contributed by atoms with Crippen molar-refractivity contribution in [2.45, 2.75) is 13.2 Å². The predicted molar refractivity (Wildman–Crippen MR) is 124 cm³/mol. The number of methoxy groups -OCH3 is 3. The number of rotatable bonds is 10. The molecule has 33 heavy (non-hydrogen) atoms. The van der Waals surface area contributed by atoms with Crippen LogP contribution in [0.5, 0.6) is 17.2 Å². The maximum atomic E-state index is 13.2. The van der Waals surface area contributed by atoms with E-state index in [9.17, 15) is 9.59 Å². The Labute approximate surface area is 200 Å². The molecule has 0 radical (unpaired) electrons. The van der Waals surface area contributed by atoms with E-state index in [-0.39, 0.29) is 25.4 Å². The Morgan fingerprint density at radius 1 is 1.00 bits per heavy atom. The summed E-state index contributed by atoms with van der Waals surface area (Å²) in [5.41, 5.74) is 0.943. The molecule has 1 aromatic heterocycles. The van der Waals surface area contributed by atoms with Crippen molar-refractivity contribution in [3.8, 4) is 17.2 Å². The van der Waals surface area contributed by atoms with Gasteiger partial charge in [-0.2, -0.15) is 0 Å². The van der Waals surface area contributed by atoms with E-state index in [0.717, 1.165) is 5.56 Å². The molecule has 0 fully saturated rings. The van der Waals surface area contributed by atoms with E-state index in [1.54, 1.807) is 62.1 Å². The van der Waals surface area contributed by atoms with Crippen molar-refractivity contribution in [1.29, 1.82) is 0 Å². The van der Waals surface area contributed by atoms with Gasteiger partial charge in [-0.25, -0.2) is 4.98 Å². The Morgan fingerprint density at radius 2 is 1.67 bits per heavy atom. The summed E-state index contributed by atoms with van der Waals surface area (Å²) in [6, 6.07) is 12.2. The van der Waals surface area contributed by atoms with Crippen molar-refractivity contribution in [3.63, 3.8) is 0 Å². The lowest BCUT2D eigenvalue weighted by Crippen LogP contribution is -2.36. The van der Waals surface area contributed by atoms with Crippen molar-refractivity contribution in [1.82, 2.24) is 9.88 Å². The highest BCUT2D eigenvalue weighted by atomic mass is 35.5. The number of halogens is 1. The third-order valence-electron chi connectivity index (χ3n) is 4.57. The first-order chi connectivity index (χ1) is 15.9. The standard InChI is InChI=1S/C23H23ClN2O6S/c1-29-18-8-15(9-19(10-18)30-2)11-26(12-22(27)31-3)23(28)20-14-33-21(25-20)13-32-17-6-4-16(24)5-7-17/h4-10,14H,11-13H2,1-3H3. The summed E-state index contributed by atoms with van der Waals surface area (Å²) in [5.74, 6) is 0.841. The van der Waals surface area contributed by atoms with E-state index < -0.39 is 11.9 Å². The van der Waals surface area contributed by atoms with Gasteiger partial charge in [0, 0.05) is 23.0 Å². The molecule has 1 amide bonds. The zero-order valence-electron chi connectivity index (χ0n) is 18.4. The highest BCUT2D eigenvalue weighted by Gasteiger charge is 2.23. The average molecular weight is 491 g/mol. The van der Waals surface area contributed by atoms with Gasteiger partial charge < -0.3 is 23.8 Å². The number of benzene rings is 2. The third-order valence-corrected chi connectivity index (χ3v) is 5.64. The molecule has 0 unspecified atom stereocenters. The summed E-state index contributed by atoms with van der Waals surface area (Å²) < 4.78 is 21.0. The van der Waals surface area contributed by atoms with Gasteiger partial charge in [-0.3, -0.25) is 9.59 Å². The van der Waals surface area contributed by atoms with Gasteiger partial charge >= 0.3 is 5.97 Å². The fourth-order valence-corrected chi connectivity index (χ4v) is 3.72. The molecule has 10 heteroatoms. The maximum Gasteiger partial charge on any atom is 0.325 e. The number of ether oxygens (including phenoxy) is 4. The van der Waals surface area contributed by atoms with E-state index in [4.69, 9.17) is 30.5 Å². The van der Waals surface area contributed by atoms with E-state index >= 15 is 0 Å². The molecule has 0 N–H and O–H groups in total. The van der Waals surface area contributed by atoms with Crippen LogP contribution in [0.2, 0.25) is 5.02 Å². The quantitative estimate of drug-likeness (QED) is 0.393. The van der Waals surface area contributed by atoms with Gasteiger partial charge in [-0.1, -0.05) is 11.6 Å². The van der Waals surface area contributed by atoms with Gasteiger partial charge in [-0.05, 0) is 42.0 Å². The van der Waals surface area contributed by atoms with Crippen molar-refractivity contribution in [3.05, 3.63) is 69.1 Å². The van der Waals surface area contributed by atoms with Crippen LogP contribution < -0.4 is 14.2 Å². The second kappa shape index (κ2) is 11.5. The van der Waals surface area contributed by atoms with Crippen LogP contribution in [-0.4, -0.2) is 49.6 Å². The van der Waals surface area contributed by atoms with Crippen LogP contribution in [0.4, 0.5) is 0 Å². The molecule has 0 aliphatic carbocycles. The molecule has 0 bridgehead atoms.